The minimum atomic E-state index is -0.391. The third kappa shape index (κ3) is 4.20. The molecule has 2 aromatic heterocycles. The van der Waals surface area contributed by atoms with E-state index in [-0.39, 0.29) is 18.5 Å². The Morgan fingerprint density at radius 3 is 2.92 bits per heavy atom. The summed E-state index contributed by atoms with van der Waals surface area (Å²) in [5.74, 6) is 0.637. The van der Waals surface area contributed by atoms with E-state index in [4.69, 9.17) is 0 Å². The van der Waals surface area contributed by atoms with Crippen molar-refractivity contribution in [2.24, 2.45) is 0 Å². The molecule has 1 N–H and O–H groups in total. The molecule has 0 saturated carbocycles. The van der Waals surface area contributed by atoms with Crippen molar-refractivity contribution < 1.29 is 4.79 Å². The van der Waals surface area contributed by atoms with Gasteiger partial charge >= 0.3 is 5.69 Å². The van der Waals surface area contributed by atoms with Gasteiger partial charge in [-0.15, -0.1) is 0 Å². The predicted octanol–water partition coefficient (Wildman–Crippen LogP) is 0.435. The number of hydrogen-bond acceptors (Lipinski definition) is 6. The number of nitrogens with one attached hydrogen (secondary N) is 1. The Hall–Kier alpha value is -2.77. The molecule has 1 unspecified atom stereocenters. The summed E-state index contributed by atoms with van der Waals surface area (Å²) in [5.41, 5.74) is 1.00. The van der Waals surface area contributed by atoms with Gasteiger partial charge in [-0.3, -0.25) is 14.3 Å². The number of carbonyl (C=O) groups excluding carboxylic acids is 1. The second kappa shape index (κ2) is 7.42. The van der Waals surface area contributed by atoms with Crippen molar-refractivity contribution in [1.29, 1.82) is 0 Å². The van der Waals surface area contributed by atoms with Crippen LogP contribution in [-0.4, -0.2) is 44.6 Å². The second-order valence-electron chi connectivity index (χ2n) is 6.32. The first-order valence-electron chi connectivity index (χ1n) is 8.38. The molecule has 25 heavy (non-hydrogen) atoms. The largest absolute Gasteiger partial charge is 0.353 e. The number of carbonyl (C=O) groups is 1. The summed E-state index contributed by atoms with van der Waals surface area (Å²) in [6, 6.07) is 1.82. The highest BCUT2D eigenvalue weighted by Gasteiger charge is 2.22. The predicted molar refractivity (Wildman–Crippen MR) is 93.4 cm³/mol. The molecular weight excluding hydrogens is 320 g/mol. The van der Waals surface area contributed by atoms with E-state index >= 15 is 0 Å². The third-order valence-electron chi connectivity index (χ3n) is 4.31. The van der Waals surface area contributed by atoms with Crippen molar-refractivity contribution in [3.8, 4) is 0 Å². The fourth-order valence-corrected chi connectivity index (χ4v) is 3.14. The molecule has 1 aliphatic heterocycles. The number of rotatable bonds is 4. The minimum absolute atomic E-state index is 0.0143. The first-order valence-corrected chi connectivity index (χ1v) is 8.38. The quantitative estimate of drug-likeness (QED) is 0.866. The van der Waals surface area contributed by atoms with E-state index in [1.54, 1.807) is 38.5 Å². The lowest BCUT2D eigenvalue weighted by Crippen LogP contribution is -2.49. The number of anilines is 1. The maximum absolute atomic E-state index is 12.4. The van der Waals surface area contributed by atoms with Crippen LogP contribution in [0.4, 0.5) is 5.82 Å². The molecule has 0 radical (unpaired) electrons. The average Bonchev–Trinajstić information content (AvgIpc) is 2.59. The Balaban J connectivity index is 1.62. The fraction of sp³-hybridized carbons (Fsp3) is 0.471. The van der Waals surface area contributed by atoms with Gasteiger partial charge in [-0.2, -0.15) is 4.98 Å². The lowest BCUT2D eigenvalue weighted by molar-refractivity contribution is -0.122. The first-order chi connectivity index (χ1) is 12.0. The lowest BCUT2D eigenvalue weighted by atomic mass is 10.1. The van der Waals surface area contributed by atoms with Gasteiger partial charge in [0.15, 0.2) is 0 Å². The highest BCUT2D eigenvalue weighted by molar-refractivity contribution is 5.76. The molecule has 8 heteroatoms. The zero-order valence-corrected chi connectivity index (χ0v) is 14.5. The lowest BCUT2D eigenvalue weighted by Gasteiger charge is -2.33. The van der Waals surface area contributed by atoms with Crippen molar-refractivity contribution in [2.75, 3.05) is 18.0 Å². The van der Waals surface area contributed by atoms with Crippen LogP contribution in [0, 0.1) is 13.8 Å². The van der Waals surface area contributed by atoms with Crippen LogP contribution in [0.3, 0.4) is 0 Å². The van der Waals surface area contributed by atoms with Gasteiger partial charge in [0.05, 0.1) is 6.20 Å². The second-order valence-corrected chi connectivity index (χ2v) is 6.32. The molecule has 0 aromatic carbocycles. The van der Waals surface area contributed by atoms with Gasteiger partial charge in [-0.05, 0) is 32.8 Å². The number of aromatic nitrogens is 4. The van der Waals surface area contributed by atoms with Crippen molar-refractivity contribution in [2.45, 2.75) is 39.3 Å². The van der Waals surface area contributed by atoms with Crippen molar-refractivity contribution in [3.63, 3.8) is 0 Å². The molecular formula is C17H22N6O2. The van der Waals surface area contributed by atoms with Crippen LogP contribution in [0.15, 0.2) is 29.5 Å². The van der Waals surface area contributed by atoms with Gasteiger partial charge in [-0.25, -0.2) is 9.78 Å². The zero-order chi connectivity index (χ0) is 17.8. The maximum Gasteiger partial charge on any atom is 0.348 e. The summed E-state index contributed by atoms with van der Waals surface area (Å²) in [7, 11) is 0. The van der Waals surface area contributed by atoms with E-state index in [0.717, 1.165) is 30.9 Å². The van der Waals surface area contributed by atoms with Crippen molar-refractivity contribution in [1.82, 2.24) is 24.8 Å². The molecule has 132 valence electrons. The van der Waals surface area contributed by atoms with E-state index in [0.29, 0.717) is 12.2 Å². The van der Waals surface area contributed by atoms with Crippen LogP contribution < -0.4 is 15.9 Å². The smallest absolute Gasteiger partial charge is 0.348 e. The summed E-state index contributed by atoms with van der Waals surface area (Å²) in [6.07, 6.45) is 6.90. The Bertz CT molecular complexity index is 805. The SMILES string of the molecule is Cc1cc(C)n(CC(=O)NC2CCCN(c3cnccn3)C2)c(=O)n1. The summed E-state index contributed by atoms with van der Waals surface area (Å²) in [6.45, 7) is 5.14. The first kappa shape index (κ1) is 17.1. The molecule has 3 heterocycles. The molecule has 2 aromatic rings. The number of piperidine rings is 1. The Morgan fingerprint density at radius 2 is 2.20 bits per heavy atom. The molecule has 1 atom stereocenters. The number of hydrogen-bond donors (Lipinski definition) is 1. The molecule has 1 saturated heterocycles. The van der Waals surface area contributed by atoms with Gasteiger partial charge in [0.25, 0.3) is 0 Å². The van der Waals surface area contributed by atoms with E-state index in [1.807, 2.05) is 0 Å². The maximum atomic E-state index is 12.4. The van der Waals surface area contributed by atoms with Crippen LogP contribution in [0.2, 0.25) is 0 Å². The molecule has 0 spiro atoms. The molecule has 1 fully saturated rings. The summed E-state index contributed by atoms with van der Waals surface area (Å²) < 4.78 is 1.39. The summed E-state index contributed by atoms with van der Waals surface area (Å²) in [5, 5.41) is 3.02. The molecule has 1 aliphatic rings. The van der Waals surface area contributed by atoms with Crippen LogP contribution in [0.25, 0.3) is 0 Å². The monoisotopic (exact) mass is 342 g/mol. The molecule has 8 nitrogen and oxygen atoms in total. The molecule has 1 amide bonds. The Kier molecular flexibility index (Phi) is 5.06. The normalized spacial score (nSPS) is 17.4. The van der Waals surface area contributed by atoms with Crippen LogP contribution in [0.5, 0.6) is 0 Å². The Morgan fingerprint density at radius 1 is 1.36 bits per heavy atom. The van der Waals surface area contributed by atoms with Gasteiger partial charge in [-0.1, -0.05) is 0 Å². The molecule has 3 rings (SSSR count). The third-order valence-corrected chi connectivity index (χ3v) is 4.31. The highest BCUT2D eigenvalue weighted by Crippen LogP contribution is 2.16. The van der Waals surface area contributed by atoms with Gasteiger partial charge < -0.3 is 10.2 Å². The van der Waals surface area contributed by atoms with E-state index in [1.165, 1.54) is 4.57 Å². The molecule has 0 bridgehead atoms. The average molecular weight is 342 g/mol. The standard InChI is InChI=1S/C17H22N6O2/c1-12-8-13(2)23(17(25)20-12)11-16(24)21-14-4-3-7-22(10-14)15-9-18-5-6-19-15/h5-6,8-9,14H,3-4,7,10-11H2,1-2H3,(H,21,24). The van der Waals surface area contributed by atoms with Gasteiger partial charge in [0.1, 0.15) is 12.4 Å². The topological polar surface area (TPSA) is 93.0 Å². The zero-order valence-electron chi connectivity index (χ0n) is 14.5. The molecule has 0 aliphatic carbocycles. The van der Waals surface area contributed by atoms with E-state index in [2.05, 4.69) is 25.2 Å². The van der Waals surface area contributed by atoms with Crippen LogP contribution in [-0.2, 0) is 11.3 Å². The number of nitrogens with zero attached hydrogens (tertiary/aromatic N) is 5. The van der Waals surface area contributed by atoms with Crippen LogP contribution in [0.1, 0.15) is 24.2 Å². The fourth-order valence-electron chi connectivity index (χ4n) is 3.14. The summed E-state index contributed by atoms with van der Waals surface area (Å²) in [4.78, 5) is 38.8. The number of aryl methyl sites for hydroxylation is 2. The van der Waals surface area contributed by atoms with Crippen molar-refractivity contribution in [3.05, 3.63) is 46.5 Å². The summed E-state index contributed by atoms with van der Waals surface area (Å²) >= 11 is 0. The minimum Gasteiger partial charge on any atom is -0.353 e. The van der Waals surface area contributed by atoms with Crippen LogP contribution >= 0.6 is 0 Å². The van der Waals surface area contributed by atoms with Crippen molar-refractivity contribution >= 4 is 11.7 Å². The number of amides is 1. The van der Waals surface area contributed by atoms with Gasteiger partial charge in [0, 0.05) is 42.9 Å². The Labute approximate surface area is 145 Å². The van der Waals surface area contributed by atoms with E-state index in [9.17, 15) is 9.59 Å². The van der Waals surface area contributed by atoms with E-state index < -0.39 is 5.69 Å². The van der Waals surface area contributed by atoms with Gasteiger partial charge in [0.2, 0.25) is 5.91 Å². The highest BCUT2D eigenvalue weighted by atomic mass is 16.2.